The van der Waals surface area contributed by atoms with E-state index in [1.54, 1.807) is 0 Å². The van der Waals surface area contributed by atoms with E-state index in [1.165, 1.54) is 45.3 Å². The van der Waals surface area contributed by atoms with Crippen LogP contribution in [0.1, 0.15) is 53.4 Å². The van der Waals surface area contributed by atoms with Crippen molar-refractivity contribution in [2.45, 2.75) is 65.5 Å². The van der Waals surface area contributed by atoms with Gasteiger partial charge in [-0.05, 0) is 31.7 Å². The minimum Gasteiger partial charge on any atom is -0.311 e. The van der Waals surface area contributed by atoms with Crippen LogP contribution in [0.5, 0.6) is 0 Å². The van der Waals surface area contributed by atoms with Crippen molar-refractivity contribution in [2.24, 2.45) is 5.92 Å². The van der Waals surface area contributed by atoms with E-state index < -0.39 is 0 Å². The van der Waals surface area contributed by atoms with Gasteiger partial charge in [0.05, 0.1) is 0 Å². The molecule has 1 aliphatic rings. The molecule has 2 unspecified atom stereocenters. The van der Waals surface area contributed by atoms with Gasteiger partial charge >= 0.3 is 0 Å². The second-order valence-electron chi connectivity index (χ2n) is 5.67. The minimum absolute atomic E-state index is 0.736. The Bertz CT molecular complexity index is 180. The molecule has 1 aliphatic heterocycles. The molecule has 0 bridgehead atoms. The predicted molar refractivity (Wildman–Crippen MR) is 71.8 cm³/mol. The maximum atomic E-state index is 3.72. The molecule has 0 spiro atoms. The van der Waals surface area contributed by atoms with E-state index in [-0.39, 0.29) is 0 Å². The molecule has 0 amide bonds. The third kappa shape index (κ3) is 4.42. The SMILES string of the molecule is CCCC1CN(CCC)C(CC(C)C)CN1. The molecular formula is C14H30N2. The summed E-state index contributed by atoms with van der Waals surface area (Å²) in [4.78, 5) is 2.72. The molecule has 0 saturated carbocycles. The largest absolute Gasteiger partial charge is 0.311 e. The molecule has 1 N–H and O–H groups in total. The van der Waals surface area contributed by atoms with Gasteiger partial charge in [0.1, 0.15) is 0 Å². The standard InChI is InChI=1S/C14H30N2/c1-5-7-13-11-16(8-6-2)14(10-15-13)9-12(3)4/h12-15H,5-11H2,1-4H3. The van der Waals surface area contributed by atoms with Crippen LogP contribution in [0, 0.1) is 5.92 Å². The molecule has 1 rings (SSSR count). The predicted octanol–water partition coefficient (Wildman–Crippen LogP) is 2.89. The number of piperazine rings is 1. The van der Waals surface area contributed by atoms with Gasteiger partial charge in [-0.1, -0.05) is 34.1 Å². The summed E-state index contributed by atoms with van der Waals surface area (Å²) >= 11 is 0. The van der Waals surface area contributed by atoms with E-state index in [9.17, 15) is 0 Å². The van der Waals surface area contributed by atoms with E-state index in [0.717, 1.165) is 18.0 Å². The normalized spacial score (nSPS) is 27.6. The van der Waals surface area contributed by atoms with Crippen molar-refractivity contribution in [3.8, 4) is 0 Å². The molecule has 96 valence electrons. The van der Waals surface area contributed by atoms with Crippen molar-refractivity contribution in [1.29, 1.82) is 0 Å². The Morgan fingerprint density at radius 2 is 2.00 bits per heavy atom. The Balaban J connectivity index is 2.45. The molecule has 2 heteroatoms. The van der Waals surface area contributed by atoms with Gasteiger partial charge in [0.15, 0.2) is 0 Å². The monoisotopic (exact) mass is 226 g/mol. The van der Waals surface area contributed by atoms with Crippen molar-refractivity contribution in [3.63, 3.8) is 0 Å². The van der Waals surface area contributed by atoms with Gasteiger partial charge in [0.25, 0.3) is 0 Å². The van der Waals surface area contributed by atoms with E-state index >= 15 is 0 Å². The molecule has 1 saturated heterocycles. The molecule has 1 heterocycles. The van der Waals surface area contributed by atoms with Gasteiger partial charge in [-0.25, -0.2) is 0 Å². The van der Waals surface area contributed by atoms with Crippen molar-refractivity contribution in [2.75, 3.05) is 19.6 Å². The summed E-state index contributed by atoms with van der Waals surface area (Å²) < 4.78 is 0. The number of nitrogens with zero attached hydrogens (tertiary/aromatic N) is 1. The highest BCUT2D eigenvalue weighted by molar-refractivity contribution is 4.86. The number of nitrogens with one attached hydrogen (secondary N) is 1. The first-order chi connectivity index (χ1) is 7.67. The number of rotatable bonds is 6. The van der Waals surface area contributed by atoms with Gasteiger partial charge in [-0.3, -0.25) is 4.90 Å². The van der Waals surface area contributed by atoms with Crippen LogP contribution < -0.4 is 5.32 Å². The zero-order valence-corrected chi connectivity index (χ0v) is 11.6. The Hall–Kier alpha value is -0.0800. The summed E-state index contributed by atoms with van der Waals surface area (Å²) in [6, 6.07) is 1.51. The van der Waals surface area contributed by atoms with Crippen LogP contribution in [0.2, 0.25) is 0 Å². The van der Waals surface area contributed by atoms with E-state index in [2.05, 4.69) is 37.9 Å². The molecule has 2 nitrogen and oxygen atoms in total. The van der Waals surface area contributed by atoms with Crippen molar-refractivity contribution in [3.05, 3.63) is 0 Å². The summed E-state index contributed by atoms with van der Waals surface area (Å²) in [6.45, 7) is 13.0. The summed E-state index contributed by atoms with van der Waals surface area (Å²) in [6.07, 6.45) is 5.25. The van der Waals surface area contributed by atoms with Crippen LogP contribution in [0.15, 0.2) is 0 Å². The molecule has 0 aromatic heterocycles. The maximum Gasteiger partial charge on any atom is 0.0223 e. The van der Waals surface area contributed by atoms with Crippen LogP contribution in [0.3, 0.4) is 0 Å². The Kier molecular flexibility index (Phi) is 6.37. The third-order valence-corrected chi connectivity index (χ3v) is 3.50. The molecule has 0 aromatic carbocycles. The van der Waals surface area contributed by atoms with E-state index in [0.29, 0.717) is 0 Å². The Labute approximate surface area is 102 Å². The first-order valence-electron chi connectivity index (χ1n) is 7.14. The van der Waals surface area contributed by atoms with Crippen LogP contribution in [0.25, 0.3) is 0 Å². The lowest BCUT2D eigenvalue weighted by molar-refractivity contribution is 0.111. The smallest absolute Gasteiger partial charge is 0.0223 e. The lowest BCUT2D eigenvalue weighted by Gasteiger charge is -2.41. The fourth-order valence-electron chi connectivity index (χ4n) is 2.81. The highest BCUT2D eigenvalue weighted by Gasteiger charge is 2.26. The lowest BCUT2D eigenvalue weighted by Crippen LogP contribution is -2.56. The number of hydrogen-bond donors (Lipinski definition) is 1. The summed E-state index contributed by atoms with van der Waals surface area (Å²) in [5, 5.41) is 3.72. The van der Waals surface area contributed by atoms with Crippen LogP contribution in [-0.2, 0) is 0 Å². The highest BCUT2D eigenvalue weighted by atomic mass is 15.2. The second-order valence-corrected chi connectivity index (χ2v) is 5.67. The average molecular weight is 226 g/mol. The first-order valence-corrected chi connectivity index (χ1v) is 7.14. The topological polar surface area (TPSA) is 15.3 Å². The zero-order chi connectivity index (χ0) is 12.0. The number of hydrogen-bond acceptors (Lipinski definition) is 2. The fraction of sp³-hybridized carbons (Fsp3) is 1.00. The fourth-order valence-corrected chi connectivity index (χ4v) is 2.81. The van der Waals surface area contributed by atoms with Crippen LogP contribution >= 0.6 is 0 Å². The Morgan fingerprint density at radius 1 is 1.25 bits per heavy atom. The van der Waals surface area contributed by atoms with Gasteiger partial charge in [0, 0.05) is 25.2 Å². The molecule has 16 heavy (non-hydrogen) atoms. The summed E-state index contributed by atoms with van der Waals surface area (Å²) in [7, 11) is 0. The quantitative estimate of drug-likeness (QED) is 0.749. The molecular weight excluding hydrogens is 196 g/mol. The summed E-state index contributed by atoms with van der Waals surface area (Å²) in [5.74, 6) is 0.814. The van der Waals surface area contributed by atoms with E-state index in [4.69, 9.17) is 0 Å². The third-order valence-electron chi connectivity index (χ3n) is 3.50. The van der Waals surface area contributed by atoms with Gasteiger partial charge in [-0.15, -0.1) is 0 Å². The average Bonchev–Trinajstić information content (AvgIpc) is 2.22. The van der Waals surface area contributed by atoms with E-state index in [1.807, 2.05) is 0 Å². The van der Waals surface area contributed by atoms with Crippen molar-refractivity contribution >= 4 is 0 Å². The highest BCUT2D eigenvalue weighted by Crippen LogP contribution is 2.17. The van der Waals surface area contributed by atoms with Crippen LogP contribution in [-0.4, -0.2) is 36.6 Å². The molecule has 0 aromatic rings. The lowest BCUT2D eigenvalue weighted by atomic mass is 9.97. The first kappa shape index (κ1) is 14.0. The molecule has 0 radical (unpaired) electrons. The van der Waals surface area contributed by atoms with Gasteiger partial charge in [0.2, 0.25) is 0 Å². The van der Waals surface area contributed by atoms with Crippen molar-refractivity contribution < 1.29 is 0 Å². The zero-order valence-electron chi connectivity index (χ0n) is 11.6. The van der Waals surface area contributed by atoms with Gasteiger partial charge in [-0.2, -0.15) is 0 Å². The Morgan fingerprint density at radius 3 is 2.56 bits per heavy atom. The molecule has 2 atom stereocenters. The van der Waals surface area contributed by atoms with Gasteiger partial charge < -0.3 is 5.32 Å². The van der Waals surface area contributed by atoms with Crippen molar-refractivity contribution in [1.82, 2.24) is 10.2 Å². The summed E-state index contributed by atoms with van der Waals surface area (Å²) in [5.41, 5.74) is 0. The molecule has 1 fully saturated rings. The molecule has 0 aliphatic carbocycles. The van der Waals surface area contributed by atoms with Crippen LogP contribution in [0.4, 0.5) is 0 Å². The maximum absolute atomic E-state index is 3.72. The second kappa shape index (κ2) is 7.29. The minimum atomic E-state index is 0.736.